The second-order valence-corrected chi connectivity index (χ2v) is 5.11. The minimum absolute atomic E-state index is 0.0931. The van der Waals surface area contributed by atoms with Gasteiger partial charge in [0, 0.05) is 6.54 Å². The molecule has 0 radical (unpaired) electrons. The Morgan fingerprint density at radius 3 is 2.15 bits per heavy atom. The number of rotatable bonds is 4. The molecule has 0 amide bonds. The van der Waals surface area contributed by atoms with Crippen LogP contribution < -0.4 is 5.32 Å². The zero-order valence-electron chi connectivity index (χ0n) is 11.2. The monoisotopic (exact) mass is 267 g/mol. The summed E-state index contributed by atoms with van der Waals surface area (Å²) in [7, 11) is 0. The van der Waals surface area contributed by atoms with E-state index in [-0.39, 0.29) is 12.5 Å². The van der Waals surface area contributed by atoms with Gasteiger partial charge in [0.15, 0.2) is 0 Å². The molecule has 0 fully saturated rings. The highest BCUT2D eigenvalue weighted by atomic mass is 16.4. The van der Waals surface area contributed by atoms with E-state index in [0.29, 0.717) is 6.54 Å². The molecule has 0 aliphatic heterocycles. The molecule has 2 N–H and O–H groups in total. The molecule has 3 nitrogen and oxygen atoms in total. The molecule has 0 saturated heterocycles. The summed E-state index contributed by atoms with van der Waals surface area (Å²) in [5.74, 6) is -0.769. The van der Waals surface area contributed by atoms with Crippen LogP contribution in [0.2, 0.25) is 0 Å². The number of carboxylic acid groups (broad SMARTS) is 1. The van der Waals surface area contributed by atoms with Crippen molar-refractivity contribution in [3.63, 3.8) is 0 Å². The van der Waals surface area contributed by atoms with E-state index in [0.717, 1.165) is 6.42 Å². The Hall–Kier alpha value is -2.13. The number of hydrogen-bond acceptors (Lipinski definition) is 2. The average molecular weight is 267 g/mol. The lowest BCUT2D eigenvalue weighted by atomic mass is 9.82. The van der Waals surface area contributed by atoms with Crippen molar-refractivity contribution >= 4 is 5.97 Å². The van der Waals surface area contributed by atoms with Gasteiger partial charge in [0.2, 0.25) is 0 Å². The Morgan fingerprint density at radius 1 is 1.05 bits per heavy atom. The normalized spacial score (nSPS) is 13.6. The topological polar surface area (TPSA) is 49.3 Å². The first-order chi connectivity index (χ1) is 9.75. The van der Waals surface area contributed by atoms with E-state index in [1.54, 1.807) is 0 Å². The molecule has 1 aliphatic rings. The molecule has 1 aliphatic carbocycles. The zero-order valence-corrected chi connectivity index (χ0v) is 11.2. The average Bonchev–Trinajstić information content (AvgIpc) is 2.46. The summed E-state index contributed by atoms with van der Waals surface area (Å²) in [6.45, 7) is 0.475. The fourth-order valence-electron chi connectivity index (χ4n) is 2.87. The third-order valence-electron chi connectivity index (χ3n) is 3.80. The van der Waals surface area contributed by atoms with Crippen LogP contribution >= 0.6 is 0 Å². The third-order valence-corrected chi connectivity index (χ3v) is 3.80. The number of hydrogen-bond donors (Lipinski definition) is 2. The Morgan fingerprint density at radius 2 is 1.60 bits per heavy atom. The largest absolute Gasteiger partial charge is 0.481 e. The predicted octanol–water partition coefficient (Wildman–Crippen LogP) is 2.74. The first-order valence-electron chi connectivity index (χ1n) is 6.86. The van der Waals surface area contributed by atoms with Gasteiger partial charge in [0.25, 0.3) is 0 Å². The van der Waals surface area contributed by atoms with Crippen LogP contribution in [0.15, 0.2) is 48.5 Å². The maximum Gasteiger partial charge on any atom is 0.304 e. The Bertz CT molecular complexity index is 591. The smallest absolute Gasteiger partial charge is 0.304 e. The van der Waals surface area contributed by atoms with Crippen LogP contribution in [-0.4, -0.2) is 17.6 Å². The lowest BCUT2D eigenvalue weighted by molar-refractivity contribution is -0.136. The van der Waals surface area contributed by atoms with Crippen molar-refractivity contribution < 1.29 is 9.90 Å². The summed E-state index contributed by atoms with van der Waals surface area (Å²) < 4.78 is 0. The van der Waals surface area contributed by atoms with Gasteiger partial charge >= 0.3 is 5.97 Å². The number of nitrogens with one attached hydrogen (secondary N) is 1. The highest BCUT2D eigenvalue weighted by Crippen LogP contribution is 2.34. The van der Waals surface area contributed by atoms with E-state index < -0.39 is 5.97 Å². The van der Waals surface area contributed by atoms with Gasteiger partial charge in [-0.3, -0.25) is 4.79 Å². The van der Waals surface area contributed by atoms with Gasteiger partial charge in [-0.1, -0.05) is 48.5 Å². The van der Waals surface area contributed by atoms with Crippen LogP contribution in [0.5, 0.6) is 0 Å². The molecular weight excluding hydrogens is 250 g/mol. The summed E-state index contributed by atoms with van der Waals surface area (Å²) in [4.78, 5) is 10.7. The lowest BCUT2D eigenvalue weighted by Gasteiger charge is -2.29. The molecule has 3 rings (SSSR count). The maximum absolute atomic E-state index is 10.7. The standard InChI is InChI=1S/C17H17NO2/c19-16(20)9-10-18-17-14-7-3-1-5-12(14)11-13-6-2-4-8-15(13)17/h1-8,17-18H,9-11H2,(H,19,20). The van der Waals surface area contributed by atoms with Gasteiger partial charge in [-0.25, -0.2) is 0 Å². The Labute approximate surface area is 118 Å². The van der Waals surface area contributed by atoms with Crippen molar-refractivity contribution in [2.75, 3.05) is 6.54 Å². The molecule has 3 heteroatoms. The van der Waals surface area contributed by atoms with Gasteiger partial charge < -0.3 is 10.4 Å². The number of fused-ring (bicyclic) bond motifs is 2. The van der Waals surface area contributed by atoms with E-state index in [1.807, 2.05) is 12.1 Å². The number of carboxylic acids is 1. The van der Waals surface area contributed by atoms with Crippen LogP contribution in [0.3, 0.4) is 0 Å². The molecule has 102 valence electrons. The zero-order chi connectivity index (χ0) is 13.9. The van der Waals surface area contributed by atoms with Crippen LogP contribution in [0.1, 0.15) is 34.7 Å². The van der Waals surface area contributed by atoms with E-state index in [1.165, 1.54) is 22.3 Å². The third kappa shape index (κ3) is 2.45. The fraction of sp³-hybridized carbons (Fsp3) is 0.235. The van der Waals surface area contributed by atoms with E-state index in [4.69, 9.17) is 5.11 Å². The summed E-state index contributed by atoms with van der Waals surface area (Å²) in [5.41, 5.74) is 5.16. The van der Waals surface area contributed by atoms with Crippen molar-refractivity contribution in [2.24, 2.45) is 0 Å². The van der Waals surface area contributed by atoms with Crippen molar-refractivity contribution in [1.29, 1.82) is 0 Å². The number of aliphatic carboxylic acids is 1. The van der Waals surface area contributed by atoms with Gasteiger partial charge in [-0.2, -0.15) is 0 Å². The van der Waals surface area contributed by atoms with Crippen LogP contribution in [0.4, 0.5) is 0 Å². The molecular formula is C17H17NO2. The molecule has 2 aromatic carbocycles. The second kappa shape index (κ2) is 5.47. The van der Waals surface area contributed by atoms with E-state index >= 15 is 0 Å². The second-order valence-electron chi connectivity index (χ2n) is 5.11. The number of carbonyl (C=O) groups is 1. The minimum atomic E-state index is -0.769. The summed E-state index contributed by atoms with van der Waals surface area (Å²) >= 11 is 0. The Kier molecular flexibility index (Phi) is 3.52. The first-order valence-corrected chi connectivity index (χ1v) is 6.86. The van der Waals surface area contributed by atoms with Gasteiger partial charge in [-0.05, 0) is 28.7 Å². The molecule has 0 heterocycles. The van der Waals surface area contributed by atoms with Gasteiger partial charge in [0.1, 0.15) is 0 Å². The molecule has 0 aromatic heterocycles. The fourth-order valence-corrected chi connectivity index (χ4v) is 2.87. The SMILES string of the molecule is O=C(O)CCNC1c2ccccc2Cc2ccccc21. The predicted molar refractivity (Wildman–Crippen MR) is 77.8 cm³/mol. The molecule has 0 bridgehead atoms. The minimum Gasteiger partial charge on any atom is -0.481 e. The number of benzene rings is 2. The summed E-state index contributed by atoms with van der Waals surface area (Å²) in [6, 6.07) is 16.8. The summed E-state index contributed by atoms with van der Waals surface area (Å²) in [6.07, 6.45) is 1.09. The highest BCUT2D eigenvalue weighted by molar-refractivity contribution is 5.66. The van der Waals surface area contributed by atoms with Crippen LogP contribution in [-0.2, 0) is 11.2 Å². The van der Waals surface area contributed by atoms with Crippen molar-refractivity contribution in [1.82, 2.24) is 5.32 Å². The molecule has 0 saturated carbocycles. The maximum atomic E-state index is 10.7. The summed E-state index contributed by atoms with van der Waals surface area (Å²) in [5, 5.41) is 12.2. The van der Waals surface area contributed by atoms with Gasteiger partial charge in [-0.15, -0.1) is 0 Å². The van der Waals surface area contributed by atoms with E-state index in [2.05, 4.69) is 41.7 Å². The van der Waals surface area contributed by atoms with E-state index in [9.17, 15) is 4.79 Å². The van der Waals surface area contributed by atoms with Crippen LogP contribution in [0, 0.1) is 0 Å². The lowest BCUT2D eigenvalue weighted by Crippen LogP contribution is -2.29. The first kappa shape index (κ1) is 12.9. The van der Waals surface area contributed by atoms with Crippen LogP contribution in [0.25, 0.3) is 0 Å². The molecule has 2 aromatic rings. The molecule has 20 heavy (non-hydrogen) atoms. The molecule has 0 atom stereocenters. The quantitative estimate of drug-likeness (QED) is 0.895. The van der Waals surface area contributed by atoms with Crippen molar-refractivity contribution in [2.45, 2.75) is 18.9 Å². The Balaban J connectivity index is 1.93. The highest BCUT2D eigenvalue weighted by Gasteiger charge is 2.24. The van der Waals surface area contributed by atoms with Gasteiger partial charge in [0.05, 0.1) is 12.5 Å². The molecule has 0 spiro atoms. The van der Waals surface area contributed by atoms with Crippen molar-refractivity contribution in [3.8, 4) is 0 Å². The van der Waals surface area contributed by atoms with Crippen molar-refractivity contribution in [3.05, 3.63) is 70.8 Å². The molecule has 0 unspecified atom stereocenters.